The molecule has 1 amide bonds. The van der Waals surface area contributed by atoms with Crippen LogP contribution in [0.5, 0.6) is 0 Å². The van der Waals surface area contributed by atoms with E-state index in [-0.39, 0.29) is 17.0 Å². The van der Waals surface area contributed by atoms with Crippen LogP contribution in [0.25, 0.3) is 17.5 Å². The molecule has 3 aromatic carbocycles. The highest BCUT2D eigenvalue weighted by molar-refractivity contribution is 8.14. The Morgan fingerprint density at radius 2 is 1.77 bits per heavy atom. The Morgan fingerprint density at radius 1 is 1.00 bits per heavy atom. The lowest BCUT2D eigenvalue weighted by molar-refractivity contribution is -0.113. The fourth-order valence-corrected chi connectivity index (χ4v) is 4.56. The van der Waals surface area contributed by atoms with E-state index in [0.29, 0.717) is 28.3 Å². The van der Waals surface area contributed by atoms with E-state index in [9.17, 15) is 9.18 Å². The number of hydrogen-bond donors (Lipinski definition) is 0. The number of aromatic nitrogens is 2. The van der Waals surface area contributed by atoms with Gasteiger partial charge >= 0.3 is 0 Å². The van der Waals surface area contributed by atoms with E-state index >= 15 is 0 Å². The first-order chi connectivity index (χ1) is 17.0. The van der Waals surface area contributed by atoms with E-state index in [1.807, 2.05) is 68.4 Å². The molecule has 1 atom stereocenters. The van der Waals surface area contributed by atoms with E-state index < -0.39 is 0 Å². The van der Waals surface area contributed by atoms with Crippen molar-refractivity contribution in [2.75, 3.05) is 4.90 Å². The quantitative estimate of drug-likeness (QED) is 0.306. The molecule has 0 saturated heterocycles. The van der Waals surface area contributed by atoms with Crippen LogP contribution in [0.2, 0.25) is 0 Å². The summed E-state index contributed by atoms with van der Waals surface area (Å²) in [5.41, 5.74) is 3.61. The molecule has 0 aliphatic carbocycles. The second-order valence-electron chi connectivity index (χ2n) is 8.03. The molecule has 1 aliphatic rings. The minimum Gasteiger partial charge on any atom is -0.419 e. The molecule has 1 aliphatic heterocycles. The van der Waals surface area contributed by atoms with Crippen molar-refractivity contribution in [1.82, 2.24) is 10.2 Å². The number of amides is 1. The molecule has 0 saturated carbocycles. The van der Waals surface area contributed by atoms with Crippen LogP contribution in [0.1, 0.15) is 29.2 Å². The van der Waals surface area contributed by atoms with Crippen molar-refractivity contribution in [3.05, 3.63) is 107 Å². The second-order valence-corrected chi connectivity index (χ2v) is 9.33. The number of halogens is 1. The lowest BCUT2D eigenvalue weighted by Gasteiger charge is -2.19. The molecule has 4 aromatic rings. The molecular formula is C27H21FN4O2S. The highest BCUT2D eigenvalue weighted by Crippen LogP contribution is 2.37. The first-order valence-electron chi connectivity index (χ1n) is 11.0. The summed E-state index contributed by atoms with van der Waals surface area (Å²) in [6.07, 6.45) is 1.74. The Morgan fingerprint density at radius 3 is 2.51 bits per heavy atom. The molecule has 1 aromatic heterocycles. The van der Waals surface area contributed by atoms with Gasteiger partial charge < -0.3 is 4.42 Å². The summed E-state index contributed by atoms with van der Waals surface area (Å²) in [4.78, 5) is 19.4. The number of thioether (sulfide) groups is 1. The fraction of sp³-hybridized carbons (Fsp3) is 0.111. The molecule has 6 nitrogen and oxygen atoms in total. The zero-order valence-corrected chi connectivity index (χ0v) is 19.9. The molecule has 0 spiro atoms. The van der Waals surface area contributed by atoms with Crippen molar-refractivity contribution >= 4 is 34.6 Å². The van der Waals surface area contributed by atoms with Gasteiger partial charge in [-0.1, -0.05) is 59.8 Å². The van der Waals surface area contributed by atoms with Gasteiger partial charge in [-0.2, -0.15) is 0 Å². The molecule has 0 N–H and O–H groups in total. The van der Waals surface area contributed by atoms with Gasteiger partial charge in [0.1, 0.15) is 11.5 Å². The van der Waals surface area contributed by atoms with Gasteiger partial charge in [0.05, 0.1) is 10.9 Å². The van der Waals surface area contributed by atoms with Crippen LogP contribution in [-0.2, 0) is 4.79 Å². The molecule has 2 heterocycles. The predicted molar refractivity (Wildman–Crippen MR) is 136 cm³/mol. The number of amidine groups is 1. The van der Waals surface area contributed by atoms with E-state index in [1.54, 1.807) is 18.2 Å². The van der Waals surface area contributed by atoms with Crippen molar-refractivity contribution in [1.29, 1.82) is 0 Å². The summed E-state index contributed by atoms with van der Waals surface area (Å²) >= 11 is 1.32. The summed E-state index contributed by atoms with van der Waals surface area (Å²) in [5, 5.41) is 8.58. The number of nitrogens with zero attached hydrogens (tertiary/aromatic N) is 4. The Bertz CT molecular complexity index is 1430. The zero-order valence-electron chi connectivity index (χ0n) is 19.1. The zero-order chi connectivity index (χ0) is 24.4. The number of carbonyl (C=O) groups excluding carboxylic acids is 1. The van der Waals surface area contributed by atoms with Crippen molar-refractivity contribution in [2.24, 2.45) is 4.99 Å². The van der Waals surface area contributed by atoms with Crippen molar-refractivity contribution < 1.29 is 13.6 Å². The number of anilines is 1. The lowest BCUT2D eigenvalue weighted by atomic mass is 10.1. The maximum Gasteiger partial charge on any atom is 0.283 e. The van der Waals surface area contributed by atoms with Crippen LogP contribution in [0.4, 0.5) is 10.1 Å². The van der Waals surface area contributed by atoms with E-state index in [4.69, 9.17) is 4.42 Å². The first-order valence-corrected chi connectivity index (χ1v) is 11.9. The van der Waals surface area contributed by atoms with Crippen LogP contribution >= 0.6 is 11.8 Å². The average molecular weight is 485 g/mol. The maximum atomic E-state index is 13.6. The molecule has 35 heavy (non-hydrogen) atoms. The maximum absolute atomic E-state index is 13.6. The van der Waals surface area contributed by atoms with Gasteiger partial charge in [0.2, 0.25) is 11.8 Å². The van der Waals surface area contributed by atoms with Gasteiger partial charge in [0.25, 0.3) is 5.91 Å². The standard InChI is InChI=1S/C27H21FN4O2S/c1-17-7-6-10-20(15-17)25-31-30-24(34-25)18(2)35-27-29-23(16-19-8-4-3-5-9-19)26(33)32(27)22-13-11-21(28)12-14-22/h3-16,18H,1-2H3/b23-16-. The van der Waals surface area contributed by atoms with Gasteiger partial charge in [-0.25, -0.2) is 9.38 Å². The predicted octanol–water partition coefficient (Wildman–Crippen LogP) is 6.42. The Hall–Kier alpha value is -4.04. The average Bonchev–Trinajstić information content (AvgIpc) is 3.46. The van der Waals surface area contributed by atoms with Gasteiger partial charge in [-0.3, -0.25) is 9.69 Å². The molecular weight excluding hydrogens is 463 g/mol. The smallest absolute Gasteiger partial charge is 0.283 e. The third-order valence-electron chi connectivity index (χ3n) is 5.35. The van der Waals surface area contributed by atoms with Crippen LogP contribution in [-0.4, -0.2) is 21.3 Å². The SMILES string of the molecule is Cc1cccc(-c2nnc(C(C)SC3=N/C(=C\c4ccccc4)C(=O)N3c3ccc(F)cc3)o2)c1. The summed E-state index contributed by atoms with van der Waals surface area (Å²) in [6, 6.07) is 23.1. The molecule has 1 unspecified atom stereocenters. The molecule has 174 valence electrons. The van der Waals surface area contributed by atoms with Crippen LogP contribution < -0.4 is 4.90 Å². The molecule has 0 bridgehead atoms. The second kappa shape index (κ2) is 9.68. The molecule has 0 radical (unpaired) electrons. The van der Waals surface area contributed by atoms with Gasteiger partial charge in [0.15, 0.2) is 5.17 Å². The lowest BCUT2D eigenvalue weighted by Crippen LogP contribution is -2.30. The minimum atomic E-state index is -0.380. The molecule has 5 rings (SSSR count). The minimum absolute atomic E-state index is 0.286. The Balaban J connectivity index is 1.45. The third-order valence-corrected chi connectivity index (χ3v) is 6.39. The summed E-state index contributed by atoms with van der Waals surface area (Å²) in [6.45, 7) is 3.91. The summed E-state index contributed by atoms with van der Waals surface area (Å²) < 4.78 is 19.5. The number of hydrogen-bond acceptors (Lipinski definition) is 6. The topological polar surface area (TPSA) is 71.6 Å². The van der Waals surface area contributed by atoms with Crippen molar-refractivity contribution in [2.45, 2.75) is 19.1 Å². The van der Waals surface area contributed by atoms with Gasteiger partial charge in [0, 0.05) is 5.56 Å². The van der Waals surface area contributed by atoms with Crippen LogP contribution in [0, 0.1) is 12.7 Å². The summed E-state index contributed by atoms with van der Waals surface area (Å²) in [7, 11) is 0. The molecule has 0 fully saturated rings. The monoisotopic (exact) mass is 484 g/mol. The van der Waals surface area contributed by atoms with Crippen LogP contribution in [0.15, 0.2) is 94.0 Å². The van der Waals surface area contributed by atoms with E-state index in [0.717, 1.165) is 16.7 Å². The van der Waals surface area contributed by atoms with E-state index in [2.05, 4.69) is 15.2 Å². The highest BCUT2D eigenvalue weighted by Gasteiger charge is 2.34. The third kappa shape index (κ3) is 4.93. The fourth-order valence-electron chi connectivity index (χ4n) is 3.60. The van der Waals surface area contributed by atoms with Crippen LogP contribution in [0.3, 0.4) is 0 Å². The molecule has 8 heteroatoms. The highest BCUT2D eigenvalue weighted by atomic mass is 32.2. The Labute approximate surface area is 206 Å². The van der Waals surface area contributed by atoms with Gasteiger partial charge in [-0.15, -0.1) is 10.2 Å². The van der Waals surface area contributed by atoms with E-state index in [1.165, 1.54) is 28.8 Å². The number of carbonyl (C=O) groups is 1. The Kier molecular flexibility index (Phi) is 6.29. The summed E-state index contributed by atoms with van der Waals surface area (Å²) in [5.74, 6) is 0.178. The number of benzene rings is 3. The van der Waals surface area contributed by atoms with Gasteiger partial charge in [-0.05, 0) is 61.9 Å². The number of aryl methyl sites for hydroxylation is 1. The first kappa shape index (κ1) is 22.7. The number of aliphatic imine (C=N–C) groups is 1. The van der Waals surface area contributed by atoms with Crippen molar-refractivity contribution in [3.63, 3.8) is 0 Å². The number of rotatable bonds is 5. The van der Waals surface area contributed by atoms with Crippen molar-refractivity contribution in [3.8, 4) is 11.5 Å². The normalized spacial score (nSPS) is 15.5. The largest absolute Gasteiger partial charge is 0.419 e.